The standard InChI is InChI=1S/C42H47N7O8/c1-7-45-32-18-37(35(54-5)16-30(32)41(52)44-4)56-21-25-12-26(14-28(13-25)48-40(51)24(3)47-39(50)23(2)43)22-57-38-19-33-31(17-36(38)55-6)42(53)49-29(20-46-33)15-27-10-8-9-11-34(27)49/h8-14,16-20,23-24,29,45H,7,15,21-22,43H2,1-6H3,(H,44,52)(H,47,50)(H,48,51)/t23-,24-,29-/m0/s1. The molecule has 15 heteroatoms. The van der Waals surface area contributed by atoms with Gasteiger partial charge in [-0.3, -0.25) is 29.1 Å². The van der Waals surface area contributed by atoms with Crippen LogP contribution in [0.3, 0.4) is 0 Å². The van der Waals surface area contributed by atoms with E-state index in [1.165, 1.54) is 21.1 Å². The van der Waals surface area contributed by atoms with Crippen molar-refractivity contribution in [1.82, 2.24) is 10.6 Å². The lowest BCUT2D eigenvalue weighted by atomic mass is 10.1. The predicted molar refractivity (Wildman–Crippen MR) is 217 cm³/mol. The minimum Gasteiger partial charge on any atom is -0.493 e. The van der Waals surface area contributed by atoms with Gasteiger partial charge in [0.1, 0.15) is 19.3 Å². The van der Waals surface area contributed by atoms with E-state index < -0.39 is 23.9 Å². The molecule has 2 heterocycles. The fourth-order valence-corrected chi connectivity index (χ4v) is 6.66. The Hall–Kier alpha value is -6.61. The van der Waals surface area contributed by atoms with Crippen molar-refractivity contribution in [3.63, 3.8) is 0 Å². The Morgan fingerprint density at radius 2 is 1.56 bits per heavy atom. The Morgan fingerprint density at radius 3 is 2.21 bits per heavy atom. The molecule has 4 amide bonds. The molecule has 0 fully saturated rings. The molecule has 4 aromatic rings. The number of amides is 4. The topological polar surface area (TPSA) is 195 Å². The zero-order valence-electron chi connectivity index (χ0n) is 32.7. The summed E-state index contributed by atoms with van der Waals surface area (Å²) in [6.07, 6.45) is 2.46. The van der Waals surface area contributed by atoms with Crippen LogP contribution in [0.25, 0.3) is 0 Å². The molecule has 6 rings (SSSR count). The van der Waals surface area contributed by atoms with Crippen molar-refractivity contribution in [2.24, 2.45) is 10.7 Å². The number of benzene rings is 4. The Kier molecular flexibility index (Phi) is 12.3. The van der Waals surface area contributed by atoms with Gasteiger partial charge in [0, 0.05) is 49.7 Å². The second kappa shape index (κ2) is 17.5. The van der Waals surface area contributed by atoms with E-state index >= 15 is 0 Å². The Morgan fingerprint density at radius 1 is 0.895 bits per heavy atom. The van der Waals surface area contributed by atoms with Gasteiger partial charge in [0.05, 0.1) is 48.8 Å². The summed E-state index contributed by atoms with van der Waals surface area (Å²) in [7, 11) is 4.54. The molecular formula is C42H47N7O8. The lowest BCUT2D eigenvalue weighted by Gasteiger charge is -2.22. The molecule has 298 valence electrons. The molecule has 6 N–H and O–H groups in total. The maximum absolute atomic E-state index is 13.9. The Labute approximate surface area is 330 Å². The summed E-state index contributed by atoms with van der Waals surface area (Å²) in [5.41, 5.74) is 11.2. The average Bonchev–Trinajstić information content (AvgIpc) is 3.52. The number of carbonyl (C=O) groups is 4. The summed E-state index contributed by atoms with van der Waals surface area (Å²) in [5, 5.41) is 11.3. The first-order chi connectivity index (χ1) is 27.4. The molecule has 2 aliphatic heterocycles. The van der Waals surface area contributed by atoms with Gasteiger partial charge in [-0.25, -0.2) is 0 Å². The SMILES string of the molecule is CCNc1cc(OCc2cc(COc3cc4c(cc3OC)C(=O)N3c5ccccc5C[C@H]3C=N4)cc(NC(=O)[C@H](C)NC(=O)[C@H](C)N)c2)c(OC)cc1C(=O)NC. The number of ether oxygens (including phenoxy) is 4. The third-order valence-corrected chi connectivity index (χ3v) is 9.55. The van der Waals surface area contributed by atoms with Gasteiger partial charge in [-0.15, -0.1) is 0 Å². The number of nitrogens with two attached hydrogens (primary N) is 1. The first-order valence-electron chi connectivity index (χ1n) is 18.5. The van der Waals surface area contributed by atoms with Crippen LogP contribution >= 0.6 is 0 Å². The molecule has 4 aromatic carbocycles. The zero-order chi connectivity index (χ0) is 40.8. The number of hydrogen-bond donors (Lipinski definition) is 5. The molecule has 0 unspecified atom stereocenters. The first-order valence-corrected chi connectivity index (χ1v) is 18.5. The smallest absolute Gasteiger partial charge is 0.261 e. The van der Waals surface area contributed by atoms with E-state index in [2.05, 4.69) is 21.3 Å². The molecule has 0 bridgehead atoms. The van der Waals surface area contributed by atoms with Crippen LogP contribution in [-0.4, -0.2) is 75.8 Å². The number of methoxy groups -OCH3 is 2. The highest BCUT2D eigenvalue weighted by atomic mass is 16.5. The number of rotatable bonds is 15. The number of anilines is 3. The van der Waals surface area contributed by atoms with Gasteiger partial charge in [0.25, 0.3) is 11.8 Å². The van der Waals surface area contributed by atoms with Crippen molar-refractivity contribution in [2.45, 2.75) is 58.5 Å². The minimum absolute atomic E-state index is 0.0251. The van der Waals surface area contributed by atoms with Crippen molar-refractivity contribution < 1.29 is 38.1 Å². The highest BCUT2D eigenvalue weighted by Gasteiger charge is 2.36. The largest absolute Gasteiger partial charge is 0.493 e. The minimum atomic E-state index is -0.882. The molecule has 15 nitrogen and oxygen atoms in total. The van der Waals surface area contributed by atoms with Gasteiger partial charge in [0.2, 0.25) is 11.8 Å². The summed E-state index contributed by atoms with van der Waals surface area (Å²) in [6, 6.07) is 17.9. The number of hydrogen-bond acceptors (Lipinski definition) is 11. The maximum atomic E-state index is 13.9. The van der Waals surface area contributed by atoms with Crippen LogP contribution in [0, 0.1) is 0 Å². The Balaban J connectivity index is 1.28. The van der Waals surface area contributed by atoms with Crippen LogP contribution in [0.5, 0.6) is 23.0 Å². The van der Waals surface area contributed by atoms with Crippen molar-refractivity contribution in [2.75, 3.05) is 43.3 Å². The van der Waals surface area contributed by atoms with E-state index in [1.54, 1.807) is 61.5 Å². The average molecular weight is 778 g/mol. The second-order valence-corrected chi connectivity index (χ2v) is 13.7. The number of nitrogens with one attached hydrogen (secondary N) is 4. The lowest BCUT2D eigenvalue weighted by Crippen LogP contribution is -2.47. The third-order valence-electron chi connectivity index (χ3n) is 9.55. The number of para-hydroxylation sites is 1. The zero-order valence-corrected chi connectivity index (χ0v) is 32.7. The molecule has 0 aromatic heterocycles. The van der Waals surface area contributed by atoms with Crippen molar-refractivity contribution in [3.8, 4) is 23.0 Å². The van der Waals surface area contributed by atoms with Gasteiger partial charge >= 0.3 is 0 Å². The normalized spacial score (nSPS) is 14.9. The summed E-state index contributed by atoms with van der Waals surface area (Å²) in [4.78, 5) is 58.4. The quantitative estimate of drug-likeness (QED) is 0.113. The summed E-state index contributed by atoms with van der Waals surface area (Å²) in [6.45, 7) is 5.63. The number of aliphatic imine (C=N–C) groups is 1. The first kappa shape index (κ1) is 40.1. The van der Waals surface area contributed by atoms with Crippen molar-refractivity contribution in [3.05, 3.63) is 94.5 Å². The molecule has 0 saturated carbocycles. The maximum Gasteiger partial charge on any atom is 0.261 e. The molecule has 57 heavy (non-hydrogen) atoms. The number of carbonyl (C=O) groups excluding carboxylic acids is 4. The van der Waals surface area contributed by atoms with E-state index in [-0.39, 0.29) is 31.1 Å². The van der Waals surface area contributed by atoms with Crippen LogP contribution in [0.1, 0.15) is 58.2 Å². The molecule has 0 saturated heterocycles. The molecule has 0 spiro atoms. The monoisotopic (exact) mass is 777 g/mol. The van der Waals surface area contributed by atoms with Gasteiger partial charge in [-0.1, -0.05) is 18.2 Å². The number of fused-ring (bicyclic) bond motifs is 4. The molecule has 3 atom stereocenters. The molecule has 0 aliphatic carbocycles. The van der Waals surface area contributed by atoms with E-state index in [1.807, 2.05) is 37.3 Å². The third kappa shape index (κ3) is 8.78. The van der Waals surface area contributed by atoms with E-state index in [4.69, 9.17) is 29.7 Å². The summed E-state index contributed by atoms with van der Waals surface area (Å²) in [5.74, 6) is 0.0446. The molecule has 0 radical (unpaired) electrons. The van der Waals surface area contributed by atoms with Crippen molar-refractivity contribution >= 4 is 52.6 Å². The molecule has 2 aliphatic rings. The lowest BCUT2D eigenvalue weighted by molar-refractivity contribution is -0.126. The Bertz CT molecular complexity index is 2220. The van der Waals surface area contributed by atoms with Gasteiger partial charge in [0.15, 0.2) is 23.0 Å². The fourth-order valence-electron chi connectivity index (χ4n) is 6.66. The van der Waals surface area contributed by atoms with Gasteiger partial charge < -0.3 is 45.9 Å². The van der Waals surface area contributed by atoms with Crippen molar-refractivity contribution in [1.29, 1.82) is 0 Å². The van der Waals surface area contributed by atoms with Crippen LogP contribution in [0.4, 0.5) is 22.7 Å². The second-order valence-electron chi connectivity index (χ2n) is 13.7. The van der Waals surface area contributed by atoms with Crippen LogP contribution in [0.15, 0.2) is 71.7 Å². The van der Waals surface area contributed by atoms with Crippen LogP contribution in [-0.2, 0) is 29.2 Å². The van der Waals surface area contributed by atoms with E-state index in [9.17, 15) is 19.2 Å². The van der Waals surface area contributed by atoms with Crippen LogP contribution < -0.4 is 50.8 Å². The van der Waals surface area contributed by atoms with Gasteiger partial charge in [-0.05, 0) is 73.9 Å². The highest BCUT2D eigenvalue weighted by molar-refractivity contribution is 6.14. The summed E-state index contributed by atoms with van der Waals surface area (Å²) >= 11 is 0. The number of nitrogens with zero attached hydrogens (tertiary/aromatic N) is 2. The fraction of sp³-hybridized carbons (Fsp3) is 0.310. The van der Waals surface area contributed by atoms with Gasteiger partial charge in [-0.2, -0.15) is 0 Å². The van der Waals surface area contributed by atoms with E-state index in [0.29, 0.717) is 75.3 Å². The van der Waals surface area contributed by atoms with Crippen LogP contribution in [0.2, 0.25) is 0 Å². The van der Waals surface area contributed by atoms with E-state index in [0.717, 1.165) is 11.3 Å². The molecular weight excluding hydrogens is 731 g/mol. The predicted octanol–water partition coefficient (Wildman–Crippen LogP) is 4.73. The highest BCUT2D eigenvalue weighted by Crippen LogP contribution is 2.41. The summed E-state index contributed by atoms with van der Waals surface area (Å²) < 4.78 is 23.9.